The Morgan fingerprint density at radius 3 is 2.52 bits per heavy atom. The van der Waals surface area contributed by atoms with Gasteiger partial charge in [-0.3, -0.25) is 4.90 Å². The average Bonchev–Trinajstić information content (AvgIpc) is 2.69. The predicted molar refractivity (Wildman–Crippen MR) is 98.3 cm³/mol. The molecule has 4 rings (SSSR count). The van der Waals surface area contributed by atoms with Gasteiger partial charge in [0.15, 0.2) is 0 Å². The first-order valence-corrected chi connectivity index (χ1v) is 9.21. The van der Waals surface area contributed by atoms with Crippen LogP contribution in [0.2, 0.25) is 0 Å². The van der Waals surface area contributed by atoms with E-state index in [4.69, 9.17) is 9.47 Å². The van der Waals surface area contributed by atoms with Crippen molar-refractivity contribution in [1.82, 2.24) is 4.90 Å². The molecule has 0 radical (unpaired) electrons. The highest BCUT2D eigenvalue weighted by molar-refractivity contribution is 5.43. The van der Waals surface area contributed by atoms with E-state index in [0.29, 0.717) is 44.0 Å². The summed E-state index contributed by atoms with van der Waals surface area (Å²) in [7, 11) is 1.60. The van der Waals surface area contributed by atoms with Crippen LogP contribution in [-0.4, -0.2) is 48.0 Å². The van der Waals surface area contributed by atoms with E-state index in [9.17, 15) is 14.6 Å². The molecule has 27 heavy (non-hydrogen) atoms. The van der Waals surface area contributed by atoms with Crippen LogP contribution in [0.25, 0.3) is 0 Å². The van der Waals surface area contributed by atoms with Gasteiger partial charge < -0.3 is 19.7 Å². The van der Waals surface area contributed by atoms with Crippen molar-refractivity contribution < 1.29 is 24.1 Å². The third-order valence-corrected chi connectivity index (χ3v) is 5.79. The molecule has 0 aliphatic carbocycles. The lowest BCUT2D eigenvalue weighted by Gasteiger charge is -2.44. The molecular formula is C21H24FNO4. The number of hydrogen-bond donors (Lipinski definition) is 2. The molecule has 0 unspecified atom stereocenters. The molecule has 2 aromatic rings. The fraction of sp³-hybridized carbons (Fsp3) is 0.429. The highest BCUT2D eigenvalue weighted by Crippen LogP contribution is 2.39. The normalized spacial score (nSPS) is 24.7. The lowest BCUT2D eigenvalue weighted by molar-refractivity contribution is -0.0665. The number of piperidine rings is 1. The third kappa shape index (κ3) is 3.40. The molecule has 0 amide bonds. The molecule has 144 valence electrons. The maximum atomic E-state index is 13.2. The average molecular weight is 373 g/mol. The zero-order chi connectivity index (χ0) is 19.0. The molecule has 2 heterocycles. The molecule has 0 aromatic heterocycles. The Morgan fingerprint density at radius 1 is 1.15 bits per heavy atom. The topological polar surface area (TPSA) is 62.2 Å². The highest BCUT2D eigenvalue weighted by Gasteiger charge is 2.40. The van der Waals surface area contributed by atoms with Crippen molar-refractivity contribution >= 4 is 0 Å². The summed E-state index contributed by atoms with van der Waals surface area (Å²) in [5.41, 5.74) is 0.531. The van der Waals surface area contributed by atoms with Crippen molar-refractivity contribution in [3.63, 3.8) is 0 Å². The second kappa shape index (κ2) is 7.11. The number of methoxy groups -OCH3 is 1. The van der Waals surface area contributed by atoms with Gasteiger partial charge in [-0.15, -0.1) is 0 Å². The lowest BCUT2D eigenvalue weighted by atomic mass is 9.83. The van der Waals surface area contributed by atoms with Gasteiger partial charge in [-0.1, -0.05) is 12.1 Å². The zero-order valence-electron chi connectivity index (χ0n) is 15.3. The number of likely N-dealkylation sites (tertiary alicyclic amines) is 1. The molecule has 5 nitrogen and oxygen atoms in total. The van der Waals surface area contributed by atoms with Gasteiger partial charge in [0.1, 0.15) is 30.0 Å². The van der Waals surface area contributed by atoms with Crippen LogP contribution in [-0.2, 0) is 5.60 Å². The van der Waals surface area contributed by atoms with Crippen LogP contribution >= 0.6 is 0 Å². The fourth-order valence-electron chi connectivity index (χ4n) is 4.06. The number of rotatable bonds is 3. The summed E-state index contributed by atoms with van der Waals surface area (Å²) in [4.78, 5) is 2.16. The van der Waals surface area contributed by atoms with Crippen molar-refractivity contribution in [1.29, 1.82) is 0 Å². The Labute approximate surface area is 158 Å². The smallest absolute Gasteiger partial charge is 0.128 e. The van der Waals surface area contributed by atoms with Gasteiger partial charge >= 0.3 is 0 Å². The summed E-state index contributed by atoms with van der Waals surface area (Å²) >= 11 is 0. The van der Waals surface area contributed by atoms with Gasteiger partial charge in [-0.2, -0.15) is 0 Å². The first kappa shape index (κ1) is 18.2. The molecule has 0 spiro atoms. The zero-order valence-corrected chi connectivity index (χ0v) is 15.3. The van der Waals surface area contributed by atoms with Crippen LogP contribution in [0, 0.1) is 5.82 Å². The van der Waals surface area contributed by atoms with Crippen molar-refractivity contribution in [3.05, 3.63) is 59.4 Å². The number of halogens is 1. The molecule has 6 heteroatoms. The van der Waals surface area contributed by atoms with Crippen LogP contribution in [0.5, 0.6) is 11.5 Å². The van der Waals surface area contributed by atoms with Crippen molar-refractivity contribution in [2.75, 3.05) is 26.8 Å². The van der Waals surface area contributed by atoms with E-state index in [1.54, 1.807) is 25.3 Å². The molecule has 0 bridgehead atoms. The van der Waals surface area contributed by atoms with Gasteiger partial charge in [0.25, 0.3) is 0 Å². The number of ether oxygens (including phenoxy) is 2. The molecule has 2 atom stereocenters. The molecule has 1 fully saturated rings. The maximum Gasteiger partial charge on any atom is 0.128 e. The van der Waals surface area contributed by atoms with Gasteiger partial charge in [-0.25, -0.2) is 4.39 Å². The minimum Gasteiger partial charge on any atom is -0.497 e. The van der Waals surface area contributed by atoms with Crippen molar-refractivity contribution in [2.45, 2.75) is 30.6 Å². The third-order valence-electron chi connectivity index (χ3n) is 5.79. The van der Waals surface area contributed by atoms with E-state index >= 15 is 0 Å². The van der Waals surface area contributed by atoms with Gasteiger partial charge in [0.05, 0.1) is 18.8 Å². The summed E-state index contributed by atoms with van der Waals surface area (Å²) < 4.78 is 24.2. The van der Waals surface area contributed by atoms with E-state index in [2.05, 4.69) is 4.90 Å². The summed E-state index contributed by atoms with van der Waals surface area (Å²) in [5, 5.41) is 21.8. The predicted octanol–water partition coefficient (Wildman–Crippen LogP) is 2.61. The Hall–Kier alpha value is -2.15. The van der Waals surface area contributed by atoms with E-state index in [-0.39, 0.29) is 11.9 Å². The minimum absolute atomic E-state index is 0.163. The minimum atomic E-state index is -0.962. The molecule has 2 N–H and O–H groups in total. The number of hydrogen-bond acceptors (Lipinski definition) is 5. The van der Waals surface area contributed by atoms with E-state index in [1.165, 1.54) is 12.1 Å². The summed E-state index contributed by atoms with van der Waals surface area (Å²) in [6, 6.07) is 11.3. The largest absolute Gasteiger partial charge is 0.497 e. The molecular weight excluding hydrogens is 349 g/mol. The van der Waals surface area contributed by atoms with Crippen LogP contribution in [0.1, 0.15) is 30.1 Å². The lowest BCUT2D eigenvalue weighted by Crippen LogP contribution is -2.52. The molecule has 2 aliphatic heterocycles. The highest BCUT2D eigenvalue weighted by atomic mass is 19.1. The number of aliphatic hydroxyl groups excluding tert-OH is 1. The Morgan fingerprint density at radius 2 is 1.85 bits per heavy atom. The number of aliphatic hydroxyl groups is 2. The molecule has 2 aromatic carbocycles. The van der Waals surface area contributed by atoms with Crippen molar-refractivity contribution in [2.24, 2.45) is 0 Å². The van der Waals surface area contributed by atoms with Gasteiger partial charge in [0.2, 0.25) is 0 Å². The van der Waals surface area contributed by atoms with Crippen LogP contribution in [0.3, 0.4) is 0 Å². The summed E-state index contributed by atoms with van der Waals surface area (Å²) in [5.74, 6) is 1.04. The number of fused-ring (bicyclic) bond motifs is 1. The van der Waals surface area contributed by atoms with E-state index in [0.717, 1.165) is 11.1 Å². The first-order valence-electron chi connectivity index (χ1n) is 9.21. The second-order valence-electron chi connectivity index (χ2n) is 7.30. The van der Waals surface area contributed by atoms with Gasteiger partial charge in [0, 0.05) is 24.7 Å². The Bertz CT molecular complexity index is 802. The SMILES string of the molecule is COc1ccc2c(c1)OC[C@H](N1CCC(O)(c3ccc(F)cc3)CC1)[C@@H]2O. The van der Waals surface area contributed by atoms with Crippen LogP contribution in [0.4, 0.5) is 4.39 Å². The maximum absolute atomic E-state index is 13.2. The van der Waals surface area contributed by atoms with E-state index < -0.39 is 11.7 Å². The molecule has 2 aliphatic rings. The van der Waals surface area contributed by atoms with Gasteiger partial charge in [-0.05, 0) is 42.7 Å². The second-order valence-corrected chi connectivity index (χ2v) is 7.30. The molecule has 0 saturated carbocycles. The summed E-state index contributed by atoms with van der Waals surface area (Å²) in [6.45, 7) is 1.64. The fourth-order valence-corrected chi connectivity index (χ4v) is 4.06. The first-order chi connectivity index (χ1) is 13.0. The summed E-state index contributed by atoms with van der Waals surface area (Å²) in [6.07, 6.45) is 0.394. The standard InChI is InChI=1S/C21H24FNO4/c1-26-16-6-7-17-19(12-16)27-13-18(20(17)24)23-10-8-21(25,9-11-23)14-2-4-15(22)5-3-14/h2-7,12,18,20,24-25H,8-11,13H2,1H3/t18-,20+/m0/s1. The number of nitrogens with zero attached hydrogens (tertiary/aromatic N) is 1. The quantitative estimate of drug-likeness (QED) is 0.866. The van der Waals surface area contributed by atoms with Crippen LogP contribution < -0.4 is 9.47 Å². The van der Waals surface area contributed by atoms with E-state index in [1.807, 2.05) is 12.1 Å². The van der Waals surface area contributed by atoms with Crippen molar-refractivity contribution in [3.8, 4) is 11.5 Å². The Balaban J connectivity index is 1.46. The Kier molecular flexibility index (Phi) is 4.80. The number of benzene rings is 2. The monoisotopic (exact) mass is 373 g/mol. The van der Waals surface area contributed by atoms with Crippen LogP contribution in [0.15, 0.2) is 42.5 Å². The molecule has 1 saturated heterocycles.